The summed E-state index contributed by atoms with van der Waals surface area (Å²) in [5, 5.41) is 0. The van der Waals surface area contributed by atoms with Gasteiger partial charge in [-0.3, -0.25) is 0 Å². The Bertz CT molecular complexity index is 819. The molecule has 0 saturated carbocycles. The number of rotatable bonds is 4. The Hall–Kier alpha value is -2.01. The van der Waals surface area contributed by atoms with Crippen molar-refractivity contribution in [2.45, 2.75) is 49.3 Å². The Labute approximate surface area is 137 Å². The fourth-order valence-electron chi connectivity index (χ4n) is 3.44. The zero-order valence-electron chi connectivity index (χ0n) is 13.5. The third-order valence-corrected chi connectivity index (χ3v) is 6.43. The molecular weight excluding hydrogens is 308 g/mol. The summed E-state index contributed by atoms with van der Waals surface area (Å²) >= 11 is 0. The van der Waals surface area contributed by atoms with Gasteiger partial charge in [-0.25, -0.2) is 8.42 Å². The minimum Gasteiger partial charge on any atom is -0.398 e. The molecule has 0 aromatic heterocycles. The fraction of sp³-hybridized carbons (Fsp3) is 0.333. The Morgan fingerprint density at radius 1 is 0.783 bits per heavy atom. The van der Waals surface area contributed by atoms with Gasteiger partial charge < -0.3 is 11.5 Å². The molecule has 0 aliphatic carbocycles. The first kappa shape index (κ1) is 15.9. The number of nitrogens with two attached hydrogens (primary N) is 2. The zero-order valence-corrected chi connectivity index (χ0v) is 14.3. The lowest BCUT2D eigenvalue weighted by atomic mass is 9.96. The van der Waals surface area contributed by atoms with Gasteiger partial charge in [0.05, 0.1) is 9.79 Å². The van der Waals surface area contributed by atoms with E-state index >= 15 is 0 Å². The molecule has 0 atom stereocenters. The minimum absolute atomic E-state index is 0.386. The lowest BCUT2D eigenvalue weighted by Gasteiger charge is -2.11. The first-order valence-corrected chi connectivity index (χ1v) is 9.49. The largest absolute Gasteiger partial charge is 0.398 e. The highest BCUT2D eigenvalue weighted by molar-refractivity contribution is 7.92. The molecule has 0 bridgehead atoms. The van der Waals surface area contributed by atoms with E-state index in [-0.39, 0.29) is 0 Å². The molecule has 0 spiro atoms. The molecule has 0 saturated heterocycles. The SMILES string of the molecule is CCCc1c(N)ccc2c1S(=O)(=O)c1c-2ccc(N)c1CCC. The summed E-state index contributed by atoms with van der Waals surface area (Å²) in [7, 11) is -3.58. The lowest BCUT2D eigenvalue weighted by molar-refractivity contribution is 0.596. The maximum Gasteiger partial charge on any atom is 0.208 e. The number of benzene rings is 2. The van der Waals surface area contributed by atoms with Crippen LogP contribution in [0.3, 0.4) is 0 Å². The second-order valence-electron chi connectivity index (χ2n) is 6.02. The van der Waals surface area contributed by atoms with Crippen molar-refractivity contribution in [3.05, 3.63) is 35.4 Å². The number of hydrogen-bond donors (Lipinski definition) is 2. The van der Waals surface area contributed by atoms with Crippen LogP contribution >= 0.6 is 0 Å². The summed E-state index contributed by atoms with van der Waals surface area (Å²) in [6.45, 7) is 4.04. The molecule has 2 aromatic carbocycles. The predicted octanol–water partition coefficient (Wildman–Crippen LogP) is 3.57. The summed E-state index contributed by atoms with van der Waals surface area (Å²) in [6, 6.07) is 7.26. The zero-order chi connectivity index (χ0) is 16.8. The fourth-order valence-corrected chi connectivity index (χ4v) is 5.67. The van der Waals surface area contributed by atoms with Gasteiger partial charge in [-0.15, -0.1) is 0 Å². The quantitative estimate of drug-likeness (QED) is 0.716. The minimum atomic E-state index is -3.58. The van der Waals surface area contributed by atoms with Crippen molar-refractivity contribution in [1.29, 1.82) is 0 Å². The van der Waals surface area contributed by atoms with E-state index in [0.29, 0.717) is 34.0 Å². The van der Waals surface area contributed by atoms with Crippen molar-refractivity contribution < 1.29 is 8.42 Å². The van der Waals surface area contributed by atoms with Gasteiger partial charge in [0.2, 0.25) is 9.84 Å². The van der Waals surface area contributed by atoms with E-state index in [1.807, 2.05) is 38.1 Å². The van der Waals surface area contributed by atoms with Gasteiger partial charge >= 0.3 is 0 Å². The first-order chi connectivity index (χ1) is 10.9. The van der Waals surface area contributed by atoms with Crippen LogP contribution in [0.15, 0.2) is 34.1 Å². The van der Waals surface area contributed by atoms with Gasteiger partial charge in [0.15, 0.2) is 0 Å². The summed E-state index contributed by atoms with van der Waals surface area (Å²) in [5.41, 5.74) is 16.2. The van der Waals surface area contributed by atoms with Gasteiger partial charge in [0, 0.05) is 22.5 Å². The van der Waals surface area contributed by atoms with Gasteiger partial charge in [0.1, 0.15) is 0 Å². The summed E-state index contributed by atoms with van der Waals surface area (Å²) < 4.78 is 26.5. The molecule has 122 valence electrons. The molecule has 1 aliphatic rings. The third-order valence-electron chi connectivity index (χ3n) is 4.42. The van der Waals surface area contributed by atoms with E-state index in [1.165, 1.54) is 0 Å². The van der Waals surface area contributed by atoms with Crippen molar-refractivity contribution in [2.24, 2.45) is 0 Å². The van der Waals surface area contributed by atoms with E-state index < -0.39 is 9.84 Å². The summed E-state index contributed by atoms with van der Waals surface area (Å²) in [4.78, 5) is 0.773. The topological polar surface area (TPSA) is 86.2 Å². The van der Waals surface area contributed by atoms with E-state index in [9.17, 15) is 8.42 Å². The molecule has 5 heteroatoms. The standard InChI is InChI=1S/C18H22N2O2S/c1-3-5-13-15(19)9-7-11-12-8-10-16(20)14(6-4-2)18(12)23(21,22)17(11)13/h7-10H,3-6,19-20H2,1-2H3. The Kier molecular flexibility index (Phi) is 3.84. The number of nitrogen functional groups attached to an aromatic ring is 2. The van der Waals surface area contributed by atoms with Crippen LogP contribution in [0, 0.1) is 0 Å². The molecular formula is C18H22N2O2S. The van der Waals surface area contributed by atoms with Crippen molar-refractivity contribution in [1.82, 2.24) is 0 Å². The molecule has 4 nitrogen and oxygen atoms in total. The number of anilines is 2. The van der Waals surface area contributed by atoms with Crippen LogP contribution in [0.25, 0.3) is 11.1 Å². The van der Waals surface area contributed by atoms with Gasteiger partial charge in [0.25, 0.3) is 0 Å². The molecule has 0 unspecified atom stereocenters. The molecule has 1 aliphatic heterocycles. The molecule has 2 aromatic rings. The maximum atomic E-state index is 13.3. The Morgan fingerprint density at radius 2 is 1.17 bits per heavy atom. The van der Waals surface area contributed by atoms with Crippen molar-refractivity contribution in [2.75, 3.05) is 11.5 Å². The van der Waals surface area contributed by atoms with Crippen LogP contribution in [-0.2, 0) is 22.7 Å². The molecule has 0 radical (unpaired) electrons. The van der Waals surface area contributed by atoms with Crippen molar-refractivity contribution >= 4 is 21.2 Å². The first-order valence-electron chi connectivity index (χ1n) is 8.01. The van der Waals surface area contributed by atoms with Crippen molar-refractivity contribution in [3.8, 4) is 11.1 Å². The lowest BCUT2D eigenvalue weighted by Crippen LogP contribution is -2.08. The van der Waals surface area contributed by atoms with Crippen molar-refractivity contribution in [3.63, 3.8) is 0 Å². The van der Waals surface area contributed by atoms with Gasteiger partial charge in [-0.1, -0.05) is 38.8 Å². The highest BCUT2D eigenvalue weighted by Crippen LogP contribution is 2.49. The van der Waals surface area contributed by atoms with Crippen LogP contribution in [0.4, 0.5) is 11.4 Å². The number of fused-ring (bicyclic) bond motifs is 3. The Morgan fingerprint density at radius 3 is 1.52 bits per heavy atom. The van der Waals surface area contributed by atoms with Crippen LogP contribution < -0.4 is 11.5 Å². The molecule has 23 heavy (non-hydrogen) atoms. The van der Waals surface area contributed by atoms with Gasteiger partial charge in [-0.05, 0) is 36.1 Å². The summed E-state index contributed by atoms with van der Waals surface area (Å²) in [6.07, 6.45) is 2.99. The normalized spacial score (nSPS) is 14.5. The average Bonchev–Trinajstić information content (AvgIpc) is 2.73. The van der Waals surface area contributed by atoms with Crippen LogP contribution in [-0.4, -0.2) is 8.42 Å². The van der Waals surface area contributed by atoms with Crippen LogP contribution in [0.5, 0.6) is 0 Å². The number of hydrogen-bond acceptors (Lipinski definition) is 4. The summed E-state index contributed by atoms with van der Waals surface area (Å²) in [5.74, 6) is 0. The third kappa shape index (κ3) is 2.22. The van der Waals surface area contributed by atoms with E-state index in [1.54, 1.807) is 0 Å². The monoisotopic (exact) mass is 330 g/mol. The average molecular weight is 330 g/mol. The van der Waals surface area contributed by atoms with Gasteiger partial charge in [-0.2, -0.15) is 0 Å². The molecule has 0 fully saturated rings. The molecule has 3 rings (SSSR count). The van der Waals surface area contributed by atoms with E-state index in [4.69, 9.17) is 11.5 Å². The number of sulfone groups is 1. The van der Waals surface area contributed by atoms with E-state index in [0.717, 1.165) is 35.1 Å². The van der Waals surface area contributed by atoms with Crippen LogP contribution in [0.1, 0.15) is 37.8 Å². The van der Waals surface area contributed by atoms with Crippen LogP contribution in [0.2, 0.25) is 0 Å². The molecule has 4 N–H and O–H groups in total. The highest BCUT2D eigenvalue weighted by Gasteiger charge is 2.38. The highest BCUT2D eigenvalue weighted by atomic mass is 32.2. The second-order valence-corrected chi connectivity index (χ2v) is 7.85. The molecule has 1 heterocycles. The second kappa shape index (κ2) is 5.57. The predicted molar refractivity (Wildman–Crippen MR) is 94.1 cm³/mol. The maximum absolute atomic E-state index is 13.3. The molecule has 0 amide bonds. The van der Waals surface area contributed by atoms with E-state index in [2.05, 4.69) is 0 Å². The smallest absolute Gasteiger partial charge is 0.208 e. The Balaban J connectivity index is 2.39.